The lowest BCUT2D eigenvalue weighted by atomic mass is 9.76. The molecule has 0 atom stereocenters. The van der Waals surface area contributed by atoms with Crippen molar-refractivity contribution >= 4 is 33.3 Å². The molecule has 2 heterocycles. The van der Waals surface area contributed by atoms with E-state index >= 15 is 0 Å². The molecule has 1 amide bonds. The summed E-state index contributed by atoms with van der Waals surface area (Å²) in [6.07, 6.45) is 5.63. The molecule has 2 aliphatic carbocycles. The molecule has 184 valence electrons. The van der Waals surface area contributed by atoms with Gasteiger partial charge in [-0.25, -0.2) is 9.78 Å². The van der Waals surface area contributed by atoms with Gasteiger partial charge in [-0.15, -0.1) is 11.3 Å². The van der Waals surface area contributed by atoms with Gasteiger partial charge in [0.2, 0.25) is 0 Å². The number of amides is 1. The second-order valence-corrected chi connectivity index (χ2v) is 11.9. The van der Waals surface area contributed by atoms with Gasteiger partial charge in [0.25, 0.3) is 0 Å². The monoisotopic (exact) mass is 490 g/mol. The van der Waals surface area contributed by atoms with Gasteiger partial charge in [-0.05, 0) is 111 Å². The zero-order valence-corrected chi connectivity index (χ0v) is 21.6. The number of aromatic nitrogens is 1. The number of thiophene rings is 1. The number of hydrogen-bond acceptors (Lipinski definition) is 5. The molecule has 2 aliphatic rings. The number of ketones is 1. The number of nitrogens with zero attached hydrogens (tertiary/aromatic N) is 1. The van der Waals surface area contributed by atoms with Crippen LogP contribution in [0.1, 0.15) is 98.4 Å². The first kappa shape index (κ1) is 24.0. The molecule has 2 aromatic heterocycles. The number of hydrogen-bond donors (Lipinski definition) is 1. The number of benzene rings is 1. The third-order valence-electron chi connectivity index (χ3n) is 7.09. The molecular weight excluding hydrogens is 456 g/mol. The van der Waals surface area contributed by atoms with Crippen LogP contribution < -0.4 is 5.32 Å². The van der Waals surface area contributed by atoms with Crippen molar-refractivity contribution in [2.75, 3.05) is 0 Å². The number of Topliss-reactive ketones (excluding diaryl/α,β-unsaturated/α-hetero) is 1. The first-order chi connectivity index (χ1) is 16.8. The van der Waals surface area contributed by atoms with Crippen LogP contribution in [0.3, 0.4) is 0 Å². The highest BCUT2D eigenvalue weighted by atomic mass is 32.1. The van der Waals surface area contributed by atoms with E-state index in [0.29, 0.717) is 23.2 Å². The van der Waals surface area contributed by atoms with E-state index in [1.54, 1.807) is 11.3 Å². The van der Waals surface area contributed by atoms with E-state index in [0.717, 1.165) is 44.1 Å². The molecule has 5 nitrogen and oxygen atoms in total. The molecule has 0 aliphatic heterocycles. The molecule has 1 aromatic carbocycles. The molecule has 3 aromatic rings. The van der Waals surface area contributed by atoms with Crippen LogP contribution in [0.4, 0.5) is 4.79 Å². The van der Waals surface area contributed by atoms with E-state index in [1.165, 1.54) is 15.6 Å². The Balaban J connectivity index is 1.26. The zero-order valence-electron chi connectivity index (χ0n) is 20.8. The molecule has 2 saturated carbocycles. The molecule has 0 unspecified atom stereocenters. The number of ether oxygens (including phenoxy) is 1. The summed E-state index contributed by atoms with van der Waals surface area (Å²) in [5.74, 6) is 1.17. The molecule has 1 N–H and O–H groups in total. The second-order valence-electron chi connectivity index (χ2n) is 11.0. The van der Waals surface area contributed by atoms with Crippen LogP contribution in [0.2, 0.25) is 0 Å². The minimum atomic E-state index is -0.553. The largest absolute Gasteiger partial charge is 0.444 e. The number of fused-ring (bicyclic) bond motifs is 1. The Bertz CT molecular complexity index is 1230. The minimum absolute atomic E-state index is 0.0233. The fourth-order valence-electron chi connectivity index (χ4n) is 5.13. The normalized spacial score (nSPS) is 20.5. The van der Waals surface area contributed by atoms with Crippen molar-refractivity contribution in [3.8, 4) is 0 Å². The molecule has 0 saturated heterocycles. The van der Waals surface area contributed by atoms with E-state index in [-0.39, 0.29) is 18.2 Å². The van der Waals surface area contributed by atoms with Gasteiger partial charge in [-0.1, -0.05) is 18.2 Å². The Morgan fingerprint density at radius 2 is 1.74 bits per heavy atom. The highest BCUT2D eigenvalue weighted by Crippen LogP contribution is 2.43. The first-order valence-electron chi connectivity index (χ1n) is 12.7. The van der Waals surface area contributed by atoms with Crippen molar-refractivity contribution < 1.29 is 14.3 Å². The lowest BCUT2D eigenvalue weighted by molar-refractivity contribution is 0.0523. The topological polar surface area (TPSA) is 68.3 Å². The quantitative estimate of drug-likeness (QED) is 0.367. The number of pyridine rings is 1. The fourth-order valence-corrected chi connectivity index (χ4v) is 5.90. The zero-order chi connectivity index (χ0) is 24.6. The summed E-state index contributed by atoms with van der Waals surface area (Å²) < 4.78 is 6.66. The lowest BCUT2D eigenvalue weighted by Gasteiger charge is -2.28. The van der Waals surface area contributed by atoms with Gasteiger partial charge >= 0.3 is 6.09 Å². The molecule has 5 rings (SSSR count). The van der Waals surface area contributed by atoms with Crippen LogP contribution in [-0.2, 0) is 11.3 Å². The molecule has 0 radical (unpaired) electrons. The Morgan fingerprint density at radius 1 is 1.00 bits per heavy atom. The fraction of sp³-hybridized carbons (Fsp3) is 0.483. The number of rotatable bonds is 6. The predicted molar refractivity (Wildman–Crippen MR) is 140 cm³/mol. The molecule has 0 spiro atoms. The molecule has 6 heteroatoms. The van der Waals surface area contributed by atoms with Gasteiger partial charge in [0.05, 0.1) is 12.2 Å². The SMILES string of the molecule is CC(C)(C)OC(=O)NCc1ccc(C2CC2)c(C(=O)C2CCC(c3ccc4sccc4c3)CC2)n1. The second kappa shape index (κ2) is 9.73. The summed E-state index contributed by atoms with van der Waals surface area (Å²) in [6.45, 7) is 5.75. The number of carbonyl (C=O) groups is 2. The highest BCUT2D eigenvalue weighted by molar-refractivity contribution is 7.17. The van der Waals surface area contributed by atoms with Crippen LogP contribution in [0.15, 0.2) is 41.8 Å². The smallest absolute Gasteiger partial charge is 0.407 e. The van der Waals surface area contributed by atoms with Gasteiger partial charge in [-0.2, -0.15) is 0 Å². The van der Waals surface area contributed by atoms with Crippen molar-refractivity contribution in [1.82, 2.24) is 10.3 Å². The summed E-state index contributed by atoms with van der Waals surface area (Å²) in [5.41, 5.74) is 3.25. The van der Waals surface area contributed by atoms with E-state index in [2.05, 4.69) is 35.0 Å². The van der Waals surface area contributed by atoms with Crippen LogP contribution in [0.25, 0.3) is 10.1 Å². The predicted octanol–water partition coefficient (Wildman–Crippen LogP) is 7.36. The number of carbonyl (C=O) groups excluding carboxylic acids is 2. The molecule has 35 heavy (non-hydrogen) atoms. The number of alkyl carbamates (subject to hydrolysis) is 1. The van der Waals surface area contributed by atoms with Crippen LogP contribution in [-0.4, -0.2) is 22.5 Å². The van der Waals surface area contributed by atoms with Gasteiger partial charge in [0.1, 0.15) is 11.3 Å². The molecule has 0 bridgehead atoms. The summed E-state index contributed by atoms with van der Waals surface area (Å²) in [7, 11) is 0. The van der Waals surface area contributed by atoms with Crippen molar-refractivity contribution in [3.05, 3.63) is 64.3 Å². The maximum Gasteiger partial charge on any atom is 0.407 e. The van der Waals surface area contributed by atoms with E-state index < -0.39 is 11.7 Å². The van der Waals surface area contributed by atoms with Crippen molar-refractivity contribution in [1.29, 1.82) is 0 Å². The summed E-state index contributed by atoms with van der Waals surface area (Å²) in [5, 5.41) is 6.23. The Labute approximate surface area is 211 Å². The third-order valence-corrected chi connectivity index (χ3v) is 7.99. The van der Waals surface area contributed by atoms with Crippen LogP contribution >= 0.6 is 11.3 Å². The lowest BCUT2D eigenvalue weighted by Crippen LogP contribution is -2.32. The Morgan fingerprint density at radius 3 is 2.46 bits per heavy atom. The standard InChI is InChI=1S/C29H34N2O3S/c1-29(2,3)34-28(33)30-17-23-11-12-24(19-6-7-19)26(31-23)27(32)20-8-4-18(5-9-20)21-10-13-25-22(16-21)14-15-35-25/h10-16,18-20H,4-9,17H2,1-3H3,(H,30,33). The highest BCUT2D eigenvalue weighted by Gasteiger charge is 2.34. The van der Waals surface area contributed by atoms with Gasteiger partial charge in [0, 0.05) is 10.6 Å². The van der Waals surface area contributed by atoms with Crippen LogP contribution in [0.5, 0.6) is 0 Å². The maximum absolute atomic E-state index is 13.6. The van der Waals surface area contributed by atoms with E-state index in [9.17, 15) is 9.59 Å². The first-order valence-corrected chi connectivity index (χ1v) is 13.6. The van der Waals surface area contributed by atoms with Gasteiger partial charge < -0.3 is 10.1 Å². The van der Waals surface area contributed by atoms with Crippen molar-refractivity contribution in [2.24, 2.45) is 5.92 Å². The van der Waals surface area contributed by atoms with Crippen molar-refractivity contribution in [3.63, 3.8) is 0 Å². The van der Waals surface area contributed by atoms with E-state index in [4.69, 9.17) is 9.72 Å². The summed E-state index contributed by atoms with van der Waals surface area (Å²) >= 11 is 1.78. The Kier molecular flexibility index (Phi) is 6.67. The summed E-state index contributed by atoms with van der Waals surface area (Å²) in [4.78, 5) is 30.5. The summed E-state index contributed by atoms with van der Waals surface area (Å²) in [6, 6.07) is 13.0. The van der Waals surface area contributed by atoms with Gasteiger partial charge in [-0.3, -0.25) is 4.79 Å². The molecule has 2 fully saturated rings. The minimum Gasteiger partial charge on any atom is -0.444 e. The third kappa shape index (κ3) is 5.75. The van der Waals surface area contributed by atoms with Crippen molar-refractivity contribution in [2.45, 2.75) is 83.3 Å². The van der Waals surface area contributed by atoms with Crippen LogP contribution in [0, 0.1) is 5.92 Å². The van der Waals surface area contributed by atoms with E-state index in [1.807, 2.05) is 32.9 Å². The average molecular weight is 491 g/mol. The number of nitrogens with one attached hydrogen (secondary N) is 1. The molecular formula is C29H34N2O3S. The Hall–Kier alpha value is -2.73. The van der Waals surface area contributed by atoms with Gasteiger partial charge in [0.15, 0.2) is 5.78 Å². The average Bonchev–Trinajstić information content (AvgIpc) is 3.57. The maximum atomic E-state index is 13.6.